The maximum absolute atomic E-state index is 12.5. The van der Waals surface area contributed by atoms with Gasteiger partial charge in [-0.3, -0.25) is 4.79 Å². The zero-order valence-corrected chi connectivity index (χ0v) is 16.0. The molecule has 4 aliphatic rings. The summed E-state index contributed by atoms with van der Waals surface area (Å²) < 4.78 is 36.6. The van der Waals surface area contributed by atoms with Crippen LogP contribution in [-0.2, 0) is 33.2 Å². The Kier molecular flexibility index (Phi) is 3.75. The van der Waals surface area contributed by atoms with Gasteiger partial charge in [-0.2, -0.15) is 5.01 Å². The molecule has 4 atom stereocenters. The molecule has 0 saturated carbocycles. The molecule has 9 heteroatoms. The molecule has 4 aliphatic heterocycles. The van der Waals surface area contributed by atoms with Crippen molar-refractivity contribution in [1.29, 1.82) is 0 Å². The predicted molar refractivity (Wildman–Crippen MR) is 87.7 cm³/mol. The molecule has 26 heavy (non-hydrogen) atoms. The van der Waals surface area contributed by atoms with Crippen molar-refractivity contribution < 1.29 is 33.2 Å². The van der Waals surface area contributed by atoms with Gasteiger partial charge in [0.1, 0.15) is 12.7 Å². The van der Waals surface area contributed by atoms with Crippen LogP contribution in [-0.4, -0.2) is 65.3 Å². The van der Waals surface area contributed by atoms with Crippen LogP contribution in [0.15, 0.2) is 5.10 Å². The smallest absolute Gasteiger partial charge is 0.291 e. The van der Waals surface area contributed by atoms with Crippen molar-refractivity contribution in [3.05, 3.63) is 0 Å². The van der Waals surface area contributed by atoms with Crippen molar-refractivity contribution in [3.8, 4) is 0 Å². The summed E-state index contributed by atoms with van der Waals surface area (Å²) >= 11 is 0. The van der Waals surface area contributed by atoms with Gasteiger partial charge in [0.2, 0.25) is 11.8 Å². The average Bonchev–Trinajstić information content (AvgIpc) is 3.16. The molecule has 0 radical (unpaired) electrons. The summed E-state index contributed by atoms with van der Waals surface area (Å²) in [5.41, 5.74) is -1.46. The number of rotatable bonds is 1. The van der Waals surface area contributed by atoms with Crippen LogP contribution < -0.4 is 0 Å². The molecule has 3 fully saturated rings. The first-order valence-electron chi connectivity index (χ1n) is 8.95. The number of ether oxygens (including phenoxy) is 6. The first-order chi connectivity index (χ1) is 12.0. The van der Waals surface area contributed by atoms with Crippen molar-refractivity contribution in [3.63, 3.8) is 0 Å². The third-order valence-electron chi connectivity index (χ3n) is 5.02. The van der Waals surface area contributed by atoms with Crippen LogP contribution in [0.4, 0.5) is 0 Å². The number of hydrazone groups is 1. The van der Waals surface area contributed by atoms with Crippen molar-refractivity contribution in [2.75, 3.05) is 13.2 Å². The molecule has 146 valence electrons. The van der Waals surface area contributed by atoms with Gasteiger partial charge in [0.05, 0.1) is 6.61 Å². The minimum Gasteiger partial charge on any atom is -0.442 e. The number of carbonyl (C=O) groups is 1. The molecular weight excluding hydrogens is 344 g/mol. The zero-order valence-electron chi connectivity index (χ0n) is 16.0. The second-order valence-corrected chi connectivity index (χ2v) is 7.93. The summed E-state index contributed by atoms with van der Waals surface area (Å²) in [7, 11) is 0. The first-order valence-corrected chi connectivity index (χ1v) is 8.95. The summed E-state index contributed by atoms with van der Waals surface area (Å²) in [5, 5.41) is 5.66. The maximum Gasteiger partial charge on any atom is 0.291 e. The highest BCUT2D eigenvalue weighted by Crippen LogP contribution is 2.54. The van der Waals surface area contributed by atoms with E-state index in [1.807, 2.05) is 20.8 Å². The highest BCUT2D eigenvalue weighted by molar-refractivity contribution is 5.83. The Hall–Kier alpha value is -1.26. The van der Waals surface area contributed by atoms with E-state index in [4.69, 9.17) is 28.4 Å². The van der Waals surface area contributed by atoms with E-state index in [1.54, 1.807) is 13.8 Å². The number of amides is 1. The van der Waals surface area contributed by atoms with Crippen molar-refractivity contribution in [2.45, 2.75) is 83.3 Å². The van der Waals surface area contributed by atoms with Crippen LogP contribution in [0, 0.1) is 0 Å². The zero-order chi connectivity index (χ0) is 19.0. The van der Waals surface area contributed by atoms with Gasteiger partial charge in [-0.15, -0.1) is 5.10 Å². The van der Waals surface area contributed by atoms with E-state index in [1.165, 1.54) is 11.9 Å². The Morgan fingerprint density at radius 2 is 1.92 bits per heavy atom. The topological polar surface area (TPSA) is 88.1 Å². The number of carbonyl (C=O) groups excluding carboxylic acids is 1. The standard InChI is InChI=1S/C17H26N2O7/c1-7-12-18-19(10(2)20)17(24-12)13-11(23-15(5,6)25-13)8-21-16(17)9-22-14(3,4)26-16/h11,13H,7-9H2,1-6H3/t11-,13-,16+,17-/m1/s1. The third-order valence-corrected chi connectivity index (χ3v) is 5.02. The normalized spacial score (nSPS) is 42.8. The van der Waals surface area contributed by atoms with Gasteiger partial charge in [0, 0.05) is 13.3 Å². The van der Waals surface area contributed by atoms with Gasteiger partial charge in [0.25, 0.3) is 11.5 Å². The molecule has 0 aromatic heterocycles. The second-order valence-electron chi connectivity index (χ2n) is 7.93. The Balaban J connectivity index is 1.86. The maximum atomic E-state index is 12.5. The predicted octanol–water partition coefficient (Wildman–Crippen LogP) is 1.31. The highest BCUT2D eigenvalue weighted by Gasteiger charge is 2.78. The molecule has 9 nitrogen and oxygen atoms in total. The van der Waals surface area contributed by atoms with Gasteiger partial charge in [-0.25, -0.2) is 0 Å². The molecular formula is C17H26N2O7. The minimum absolute atomic E-state index is 0.0727. The van der Waals surface area contributed by atoms with E-state index in [2.05, 4.69) is 5.10 Å². The third kappa shape index (κ3) is 2.34. The van der Waals surface area contributed by atoms with Crippen LogP contribution in [0.2, 0.25) is 0 Å². The fourth-order valence-electron chi connectivity index (χ4n) is 4.09. The monoisotopic (exact) mass is 370 g/mol. The van der Waals surface area contributed by atoms with E-state index in [9.17, 15) is 4.79 Å². The lowest BCUT2D eigenvalue weighted by Crippen LogP contribution is -2.76. The molecule has 0 aromatic rings. The van der Waals surface area contributed by atoms with E-state index >= 15 is 0 Å². The summed E-state index contributed by atoms with van der Waals surface area (Å²) in [6, 6.07) is 0. The van der Waals surface area contributed by atoms with Gasteiger partial charge < -0.3 is 28.4 Å². The molecule has 1 amide bonds. The molecule has 0 unspecified atom stereocenters. The van der Waals surface area contributed by atoms with Crippen molar-refractivity contribution in [1.82, 2.24) is 5.01 Å². The largest absolute Gasteiger partial charge is 0.442 e. The van der Waals surface area contributed by atoms with Crippen LogP contribution in [0.25, 0.3) is 0 Å². The Morgan fingerprint density at radius 3 is 2.50 bits per heavy atom. The van der Waals surface area contributed by atoms with E-state index < -0.39 is 35.3 Å². The Labute approximate surface area is 152 Å². The molecule has 3 saturated heterocycles. The molecule has 0 aliphatic carbocycles. The fraction of sp³-hybridized carbons (Fsp3) is 0.882. The van der Waals surface area contributed by atoms with Crippen molar-refractivity contribution >= 4 is 11.8 Å². The lowest BCUT2D eigenvalue weighted by atomic mass is 9.88. The number of fused-ring (bicyclic) bond motifs is 3. The number of nitrogens with zero attached hydrogens (tertiary/aromatic N) is 2. The van der Waals surface area contributed by atoms with E-state index in [0.29, 0.717) is 12.3 Å². The minimum atomic E-state index is -1.46. The quantitative estimate of drug-likeness (QED) is 0.688. The van der Waals surface area contributed by atoms with Crippen molar-refractivity contribution in [2.24, 2.45) is 5.10 Å². The van der Waals surface area contributed by atoms with Crippen LogP contribution in [0.1, 0.15) is 48.0 Å². The van der Waals surface area contributed by atoms with Crippen LogP contribution in [0.5, 0.6) is 0 Å². The number of hydrogen-bond donors (Lipinski definition) is 0. The molecule has 0 N–H and O–H groups in total. The van der Waals surface area contributed by atoms with E-state index in [0.717, 1.165) is 0 Å². The fourth-order valence-corrected chi connectivity index (χ4v) is 4.09. The molecule has 0 aromatic carbocycles. The van der Waals surface area contributed by atoms with Gasteiger partial charge in [-0.05, 0) is 27.7 Å². The summed E-state index contributed by atoms with van der Waals surface area (Å²) in [4.78, 5) is 12.5. The highest BCUT2D eigenvalue weighted by atomic mass is 16.9. The Bertz CT molecular complexity index is 661. The summed E-state index contributed by atoms with van der Waals surface area (Å²) in [6.45, 7) is 10.8. The molecule has 0 bridgehead atoms. The van der Waals surface area contributed by atoms with Crippen LogP contribution >= 0.6 is 0 Å². The Morgan fingerprint density at radius 1 is 1.19 bits per heavy atom. The summed E-state index contributed by atoms with van der Waals surface area (Å²) in [5.74, 6) is -3.04. The van der Waals surface area contributed by atoms with Gasteiger partial charge in [-0.1, -0.05) is 6.92 Å². The number of hydrogen-bond acceptors (Lipinski definition) is 8. The van der Waals surface area contributed by atoms with E-state index in [-0.39, 0.29) is 19.1 Å². The lowest BCUT2D eigenvalue weighted by molar-refractivity contribution is -0.386. The molecule has 4 rings (SSSR count). The summed E-state index contributed by atoms with van der Waals surface area (Å²) in [6.07, 6.45) is -0.579. The SMILES string of the molecule is CCC1=NN(C(C)=O)[C@@]2(O1)[C@@H]1OC(C)(C)O[C@@H]1CO[C@]21COC(C)(C)O1. The van der Waals surface area contributed by atoms with Gasteiger partial charge >= 0.3 is 0 Å². The van der Waals surface area contributed by atoms with Crippen LogP contribution in [0.3, 0.4) is 0 Å². The first kappa shape index (κ1) is 18.1. The molecule has 4 heterocycles. The molecule has 2 spiro atoms. The lowest BCUT2D eigenvalue weighted by Gasteiger charge is -2.52. The second kappa shape index (κ2) is 5.39. The average molecular weight is 370 g/mol. The van der Waals surface area contributed by atoms with Gasteiger partial charge in [0.15, 0.2) is 17.7 Å².